The molecule has 0 spiro atoms. The van der Waals surface area contributed by atoms with Gasteiger partial charge in [0.1, 0.15) is 42.3 Å². The van der Waals surface area contributed by atoms with Crippen LogP contribution in [0.15, 0.2) is 78.3 Å². The number of carbonyl (C=O) groups excluding carboxylic acids is 9. The monoisotopic (exact) mass is 1110 g/mol. The van der Waals surface area contributed by atoms with Gasteiger partial charge in [0.2, 0.25) is 53.2 Å². The molecule has 0 saturated carbocycles. The van der Waals surface area contributed by atoms with Crippen LogP contribution in [0.2, 0.25) is 0 Å². The zero-order valence-corrected chi connectivity index (χ0v) is 45.0. The Hall–Kier alpha value is -8.88. The Balaban J connectivity index is 1.66. The van der Waals surface area contributed by atoms with Gasteiger partial charge in [0.15, 0.2) is 5.96 Å². The average molecular weight is 1110 g/mol. The second-order valence-electron chi connectivity index (χ2n) is 19.1. The molecule has 4 rings (SSSR count). The molecule has 27 heteroatoms. The molecule has 9 amide bonds. The van der Waals surface area contributed by atoms with E-state index < -0.39 is 121 Å². The van der Waals surface area contributed by atoms with Gasteiger partial charge in [-0.25, -0.2) is 4.98 Å². The van der Waals surface area contributed by atoms with Crippen LogP contribution >= 0.6 is 0 Å². The maximum atomic E-state index is 14.7. The zero-order valence-electron chi connectivity index (χ0n) is 45.0. The van der Waals surface area contributed by atoms with Gasteiger partial charge in [-0.2, -0.15) is 0 Å². The van der Waals surface area contributed by atoms with E-state index in [0.29, 0.717) is 49.0 Å². The Morgan fingerprint density at radius 1 is 0.613 bits per heavy atom. The van der Waals surface area contributed by atoms with Gasteiger partial charge in [0.05, 0.1) is 12.9 Å². The van der Waals surface area contributed by atoms with Crippen molar-refractivity contribution in [2.45, 2.75) is 140 Å². The third-order valence-electron chi connectivity index (χ3n) is 12.7. The zero-order chi connectivity index (χ0) is 58.6. The lowest BCUT2D eigenvalue weighted by Gasteiger charge is -2.28. The van der Waals surface area contributed by atoms with Crippen molar-refractivity contribution in [1.29, 1.82) is 0 Å². The van der Waals surface area contributed by atoms with E-state index >= 15 is 0 Å². The Morgan fingerprint density at radius 2 is 1.18 bits per heavy atom. The first-order chi connectivity index (χ1) is 38.3. The second-order valence-corrected chi connectivity index (χ2v) is 19.1. The Morgan fingerprint density at radius 3 is 1.76 bits per heavy atom. The number of rotatable bonds is 36. The highest BCUT2D eigenvalue weighted by molar-refractivity contribution is 5.98. The van der Waals surface area contributed by atoms with Crippen LogP contribution in [0.1, 0.15) is 94.9 Å². The van der Waals surface area contributed by atoms with Gasteiger partial charge in [0, 0.05) is 68.1 Å². The summed E-state index contributed by atoms with van der Waals surface area (Å²) < 4.78 is 0. The van der Waals surface area contributed by atoms with Gasteiger partial charge >= 0.3 is 5.97 Å². The molecule has 0 aliphatic heterocycles. The number of nitrogens with two attached hydrogens (primary N) is 4. The predicted octanol–water partition coefficient (Wildman–Crippen LogP) is -1.83. The quantitative estimate of drug-likeness (QED) is 0.0135. The van der Waals surface area contributed by atoms with Crippen LogP contribution in [0, 0.1) is 0 Å². The number of nitrogens with one attached hydrogen (secondary N) is 10. The van der Waals surface area contributed by atoms with Crippen LogP contribution in [0.3, 0.4) is 0 Å². The molecule has 80 heavy (non-hydrogen) atoms. The van der Waals surface area contributed by atoms with Gasteiger partial charge in [-0.05, 0) is 68.7 Å². The number of para-hydroxylation sites is 1. The van der Waals surface area contributed by atoms with Crippen LogP contribution in [-0.2, 0) is 67.2 Å². The van der Waals surface area contributed by atoms with E-state index in [-0.39, 0.29) is 57.5 Å². The van der Waals surface area contributed by atoms with Gasteiger partial charge in [-0.1, -0.05) is 68.3 Å². The van der Waals surface area contributed by atoms with Crippen molar-refractivity contribution in [3.63, 3.8) is 0 Å². The summed E-state index contributed by atoms with van der Waals surface area (Å²) in [6.07, 6.45) is 5.74. The number of benzene rings is 2. The Labute approximate surface area is 462 Å². The highest BCUT2D eigenvalue weighted by Gasteiger charge is 2.34. The molecule has 7 atom stereocenters. The van der Waals surface area contributed by atoms with Crippen molar-refractivity contribution in [1.82, 2.24) is 57.5 Å². The van der Waals surface area contributed by atoms with Crippen LogP contribution in [0.25, 0.3) is 10.9 Å². The third kappa shape index (κ3) is 22.2. The van der Waals surface area contributed by atoms with E-state index in [0.717, 1.165) is 10.9 Å². The fourth-order valence-electron chi connectivity index (χ4n) is 8.52. The normalized spacial score (nSPS) is 13.6. The molecular formula is C53H76N16O11. The molecule has 19 N–H and O–H groups in total. The summed E-state index contributed by atoms with van der Waals surface area (Å²) in [5.41, 5.74) is 24.6. The standard InChI is InChI=1S/C53H76N16O11/c1-3-4-16-38(63-31(2)70)48(76)66-40(20-21-45(72)73)50(78)69-43(26-34-28-58-30-62-34)52(80)67-41(24-32-13-6-5-7-14-32)51(79)65-39(19-12-23-59-53(56)57)49(77)68-42(25-33-27-60-36-17-9-8-15-35(33)36)47(75)61-29-44(71)64-37(46(55)74)18-10-11-22-54/h5-9,13-15,17,27-28,30,37-43,60H,3-4,10-12,16,18-26,29,54H2,1-2H3,(H2,55,74)(H,58,62)(H,61,75)(H,63,70)(H,64,71)(H,65,79)(H,66,76)(H,67,80)(H,68,77)(H,69,78)(H,72,73)(H4,56,57,59)/t37-,38-,39-,40-,41+,42-,43-/m0/s1. The highest BCUT2D eigenvalue weighted by Crippen LogP contribution is 2.20. The topological polar surface area (TPSA) is 448 Å². The molecule has 4 aromatic rings. The number of aliphatic carboxylic acids is 1. The number of primary amides is 1. The largest absolute Gasteiger partial charge is 0.481 e. The van der Waals surface area contributed by atoms with E-state index in [9.17, 15) is 53.1 Å². The van der Waals surface area contributed by atoms with E-state index in [1.165, 1.54) is 19.4 Å². The number of aliphatic imine (C=N–C) groups is 1. The van der Waals surface area contributed by atoms with Crippen molar-refractivity contribution in [3.8, 4) is 0 Å². The summed E-state index contributed by atoms with van der Waals surface area (Å²) in [6, 6.07) is 6.48. The smallest absolute Gasteiger partial charge is 0.303 e. The number of H-pyrrole nitrogens is 2. The maximum absolute atomic E-state index is 14.7. The predicted molar refractivity (Wildman–Crippen MR) is 295 cm³/mol. The van der Waals surface area contributed by atoms with Crippen LogP contribution in [0.5, 0.6) is 0 Å². The number of carbonyl (C=O) groups is 10. The van der Waals surface area contributed by atoms with Gasteiger partial charge in [-0.15, -0.1) is 0 Å². The minimum absolute atomic E-state index is 0.0224. The summed E-state index contributed by atoms with van der Waals surface area (Å²) in [5, 5.41) is 31.3. The molecule has 2 aromatic carbocycles. The number of aromatic nitrogens is 3. The molecular weight excluding hydrogens is 1040 g/mol. The van der Waals surface area contributed by atoms with Crippen molar-refractivity contribution in [2.75, 3.05) is 19.6 Å². The minimum atomic E-state index is -1.50. The Bertz CT molecular complexity index is 2730. The van der Waals surface area contributed by atoms with Crippen LogP contribution in [-0.4, -0.2) is 147 Å². The fourth-order valence-corrected chi connectivity index (χ4v) is 8.52. The van der Waals surface area contributed by atoms with E-state index in [1.54, 1.807) is 42.6 Å². The highest BCUT2D eigenvalue weighted by atomic mass is 16.4. The van der Waals surface area contributed by atoms with Gasteiger partial charge < -0.3 is 80.5 Å². The summed E-state index contributed by atoms with van der Waals surface area (Å²) in [5.74, 6) is -8.62. The SMILES string of the molecule is CCCC[C@H](NC(C)=O)C(=O)N[C@@H](CCC(=O)O)C(=O)N[C@@H](Cc1cnc[nH]1)C(=O)N[C@H](Cc1ccccc1)C(=O)N[C@@H](CCCN=C(N)N)C(=O)N[C@@H](Cc1c[nH]c2ccccc12)C(=O)NCC(=O)N[C@@H](CCCCN)C(N)=O. The summed E-state index contributed by atoms with van der Waals surface area (Å²) in [4.78, 5) is 149. The number of guanidine groups is 1. The number of nitrogens with zero attached hydrogens (tertiary/aromatic N) is 2. The molecule has 0 bridgehead atoms. The summed E-state index contributed by atoms with van der Waals surface area (Å²) in [7, 11) is 0. The van der Waals surface area contributed by atoms with Gasteiger partial charge in [0.25, 0.3) is 0 Å². The molecule has 0 aliphatic rings. The van der Waals surface area contributed by atoms with Crippen LogP contribution < -0.4 is 65.5 Å². The number of unbranched alkanes of at least 4 members (excludes halogenated alkanes) is 2. The molecule has 0 unspecified atom stereocenters. The molecule has 0 aliphatic carbocycles. The molecule has 2 heterocycles. The fraction of sp³-hybridized carbons (Fsp3) is 0.472. The minimum Gasteiger partial charge on any atom is -0.481 e. The molecule has 27 nitrogen and oxygen atoms in total. The number of carboxylic acids is 1. The third-order valence-corrected chi connectivity index (χ3v) is 12.7. The number of aromatic amines is 2. The van der Waals surface area contributed by atoms with Crippen molar-refractivity contribution < 1.29 is 53.1 Å². The van der Waals surface area contributed by atoms with Crippen molar-refractivity contribution in [3.05, 3.63) is 90.1 Å². The van der Waals surface area contributed by atoms with E-state index in [2.05, 4.69) is 62.5 Å². The molecule has 2 aromatic heterocycles. The Kier molecular flexibility index (Phi) is 26.6. The molecule has 434 valence electrons. The first-order valence-corrected chi connectivity index (χ1v) is 26.5. The molecule has 0 radical (unpaired) electrons. The lowest BCUT2D eigenvalue weighted by molar-refractivity contribution is -0.138. The lowest BCUT2D eigenvalue weighted by Crippen LogP contribution is -2.60. The van der Waals surface area contributed by atoms with E-state index in [4.69, 9.17) is 22.9 Å². The molecule has 0 fully saturated rings. The first-order valence-electron chi connectivity index (χ1n) is 26.5. The number of hydrogen-bond acceptors (Lipinski definition) is 13. The number of imidazole rings is 1. The first kappa shape index (κ1) is 63.7. The number of carboxylic acid groups (broad SMARTS) is 1. The molecule has 0 saturated heterocycles. The summed E-state index contributed by atoms with van der Waals surface area (Å²) in [6.45, 7) is 2.90. The lowest BCUT2D eigenvalue weighted by atomic mass is 10.0. The van der Waals surface area contributed by atoms with Crippen molar-refractivity contribution >= 4 is 76.0 Å². The second kappa shape index (κ2) is 33.4. The van der Waals surface area contributed by atoms with Gasteiger partial charge in [-0.3, -0.25) is 52.9 Å². The van der Waals surface area contributed by atoms with Crippen LogP contribution in [0.4, 0.5) is 0 Å². The van der Waals surface area contributed by atoms with Crippen molar-refractivity contribution in [2.24, 2.45) is 27.9 Å². The average Bonchev–Trinajstić information content (AvgIpc) is 4.11. The van der Waals surface area contributed by atoms with E-state index in [1.807, 2.05) is 25.1 Å². The number of fused-ring (bicyclic) bond motifs is 1. The summed E-state index contributed by atoms with van der Waals surface area (Å²) >= 11 is 0. The number of amides is 9. The number of hydrogen-bond donors (Lipinski definition) is 15. The maximum Gasteiger partial charge on any atom is 0.303 e.